The van der Waals surface area contributed by atoms with Gasteiger partial charge in [0.05, 0.1) is 0 Å². The number of benzene rings is 1. The zero-order chi connectivity index (χ0) is 17.8. The van der Waals surface area contributed by atoms with Gasteiger partial charge in [-0.1, -0.05) is 18.2 Å². The van der Waals surface area contributed by atoms with Crippen molar-refractivity contribution < 1.29 is 4.74 Å². The second kappa shape index (κ2) is 9.93. The molecule has 0 aliphatic carbocycles. The third kappa shape index (κ3) is 5.26. The summed E-state index contributed by atoms with van der Waals surface area (Å²) in [5.74, 6) is 2.02. The lowest BCUT2D eigenvalue weighted by Crippen LogP contribution is -2.64. The topological polar surface area (TPSA) is 43.3 Å². The molecule has 7 heteroatoms. The summed E-state index contributed by atoms with van der Waals surface area (Å²) in [6.45, 7) is 9.08. The molecule has 6 nitrogen and oxygen atoms in total. The Morgan fingerprint density at radius 3 is 2.37 bits per heavy atom. The van der Waals surface area contributed by atoms with Crippen LogP contribution in [0.15, 0.2) is 35.3 Å². The summed E-state index contributed by atoms with van der Waals surface area (Å²) < 4.78 is 6.11. The molecule has 1 atom stereocenters. The molecule has 0 aromatic heterocycles. The molecule has 1 aromatic carbocycles. The zero-order valence-corrected chi connectivity index (χ0v) is 18.5. The number of likely N-dealkylation sites (tertiary alicyclic amines) is 1. The molecule has 4 fully saturated rings. The summed E-state index contributed by atoms with van der Waals surface area (Å²) in [5, 5.41) is 3.63. The number of piperazine rings is 3. The maximum absolute atomic E-state index is 6.11. The predicted octanol–water partition coefficient (Wildman–Crippen LogP) is 1.72. The Kier molecular flexibility index (Phi) is 7.60. The van der Waals surface area contributed by atoms with Crippen LogP contribution in [0.5, 0.6) is 5.75 Å². The van der Waals surface area contributed by atoms with Gasteiger partial charge in [-0.2, -0.15) is 0 Å². The highest BCUT2D eigenvalue weighted by Gasteiger charge is 2.32. The van der Waals surface area contributed by atoms with Crippen LogP contribution < -0.4 is 10.1 Å². The number of aliphatic imine (C=N–C) groups is 1. The average Bonchev–Trinajstić information content (AvgIpc) is 2.71. The number of nitrogens with zero attached hydrogens (tertiary/aromatic N) is 4. The van der Waals surface area contributed by atoms with E-state index in [9.17, 15) is 0 Å². The van der Waals surface area contributed by atoms with Crippen molar-refractivity contribution in [3.05, 3.63) is 30.3 Å². The first-order valence-electron chi connectivity index (χ1n) is 9.95. The van der Waals surface area contributed by atoms with Crippen LogP contribution in [-0.2, 0) is 0 Å². The Bertz CT molecular complexity index is 598. The van der Waals surface area contributed by atoms with Gasteiger partial charge in [-0.05, 0) is 12.1 Å². The van der Waals surface area contributed by atoms with E-state index in [2.05, 4.69) is 25.0 Å². The minimum Gasteiger partial charge on any atom is -0.490 e. The molecule has 4 aliphatic rings. The third-order valence-electron chi connectivity index (χ3n) is 5.89. The molecular formula is C20H32IN5O. The number of ether oxygens (including phenoxy) is 1. The highest BCUT2D eigenvalue weighted by atomic mass is 127. The predicted molar refractivity (Wildman–Crippen MR) is 120 cm³/mol. The Balaban J connectivity index is 0.00000210. The van der Waals surface area contributed by atoms with Crippen LogP contribution in [0.4, 0.5) is 0 Å². The lowest BCUT2D eigenvalue weighted by molar-refractivity contribution is 0.0151. The van der Waals surface area contributed by atoms with Crippen LogP contribution >= 0.6 is 24.0 Å². The molecule has 1 aromatic rings. The first kappa shape index (κ1) is 20.7. The number of guanidine groups is 1. The third-order valence-corrected chi connectivity index (χ3v) is 5.89. The molecule has 2 bridgehead atoms. The normalized spacial score (nSPS) is 28.6. The maximum atomic E-state index is 6.11. The number of rotatable bonds is 4. The van der Waals surface area contributed by atoms with Crippen LogP contribution in [0.25, 0.3) is 0 Å². The molecule has 4 aliphatic heterocycles. The van der Waals surface area contributed by atoms with Crippen molar-refractivity contribution in [3.63, 3.8) is 0 Å². The maximum Gasteiger partial charge on any atom is 0.193 e. The van der Waals surface area contributed by atoms with Crippen molar-refractivity contribution in [2.75, 3.05) is 59.4 Å². The van der Waals surface area contributed by atoms with Crippen molar-refractivity contribution in [2.24, 2.45) is 4.99 Å². The van der Waals surface area contributed by atoms with E-state index in [1.807, 2.05) is 37.4 Å². The highest BCUT2D eigenvalue weighted by molar-refractivity contribution is 14.0. The molecule has 27 heavy (non-hydrogen) atoms. The molecule has 0 saturated carbocycles. The quantitative estimate of drug-likeness (QED) is 0.400. The number of para-hydroxylation sites is 1. The van der Waals surface area contributed by atoms with Crippen molar-refractivity contribution in [3.8, 4) is 5.75 Å². The van der Waals surface area contributed by atoms with Crippen LogP contribution in [0.1, 0.15) is 12.8 Å². The second-order valence-electron chi connectivity index (χ2n) is 7.54. The lowest BCUT2D eigenvalue weighted by atomic mass is 10.1. The van der Waals surface area contributed by atoms with Gasteiger partial charge in [0, 0.05) is 78.3 Å². The number of hydrogen-bond donors (Lipinski definition) is 1. The summed E-state index contributed by atoms with van der Waals surface area (Å²) in [6.07, 6.45) is 2.39. The largest absolute Gasteiger partial charge is 0.490 e. The van der Waals surface area contributed by atoms with Crippen LogP contribution in [0.2, 0.25) is 0 Å². The van der Waals surface area contributed by atoms with Crippen molar-refractivity contribution >= 4 is 29.9 Å². The Labute approximate surface area is 180 Å². The lowest BCUT2D eigenvalue weighted by Gasteiger charge is -2.47. The summed E-state index contributed by atoms with van der Waals surface area (Å²) >= 11 is 0. The Morgan fingerprint density at radius 2 is 1.78 bits per heavy atom. The molecule has 0 amide bonds. The van der Waals surface area contributed by atoms with Crippen molar-refractivity contribution in [2.45, 2.75) is 25.0 Å². The standard InChI is InChI=1S/C20H31N5O.HI/c1-21-20(22-15-17-16-23-11-13-24(17)14-12-23)25-9-7-19(8-10-25)26-18-5-3-2-4-6-18;/h2-6,17,19H,7-16H2,1H3,(H,21,22);1H. The first-order chi connectivity index (χ1) is 12.8. The Hall–Kier alpha value is -1.06. The summed E-state index contributed by atoms with van der Waals surface area (Å²) in [5.41, 5.74) is 0. The highest BCUT2D eigenvalue weighted by Crippen LogP contribution is 2.19. The molecule has 1 N–H and O–H groups in total. The van der Waals surface area contributed by atoms with Gasteiger partial charge >= 0.3 is 0 Å². The van der Waals surface area contributed by atoms with E-state index in [1.165, 1.54) is 32.7 Å². The first-order valence-corrected chi connectivity index (χ1v) is 9.95. The molecule has 150 valence electrons. The molecule has 4 saturated heterocycles. The van der Waals surface area contributed by atoms with Gasteiger partial charge < -0.3 is 15.0 Å². The molecule has 1 unspecified atom stereocenters. The molecule has 4 heterocycles. The van der Waals surface area contributed by atoms with Gasteiger partial charge in [0.1, 0.15) is 11.9 Å². The van der Waals surface area contributed by atoms with Gasteiger partial charge in [0.2, 0.25) is 0 Å². The fourth-order valence-corrected chi connectivity index (χ4v) is 4.34. The number of fused-ring (bicyclic) bond motifs is 3. The summed E-state index contributed by atoms with van der Waals surface area (Å²) in [4.78, 5) is 12.1. The van der Waals surface area contributed by atoms with Gasteiger partial charge in [0.25, 0.3) is 0 Å². The van der Waals surface area contributed by atoms with E-state index >= 15 is 0 Å². The molecule has 0 spiro atoms. The molecule has 5 rings (SSSR count). The Morgan fingerprint density at radius 1 is 1.07 bits per heavy atom. The second-order valence-corrected chi connectivity index (χ2v) is 7.54. The van der Waals surface area contributed by atoms with E-state index < -0.39 is 0 Å². The van der Waals surface area contributed by atoms with Crippen LogP contribution in [-0.4, -0.2) is 92.2 Å². The van der Waals surface area contributed by atoms with Crippen molar-refractivity contribution in [1.29, 1.82) is 0 Å². The fraction of sp³-hybridized carbons (Fsp3) is 0.650. The smallest absolute Gasteiger partial charge is 0.193 e. The van der Waals surface area contributed by atoms with E-state index in [0.29, 0.717) is 12.1 Å². The minimum atomic E-state index is 0. The molecular weight excluding hydrogens is 453 g/mol. The number of hydrogen-bond acceptors (Lipinski definition) is 4. The summed E-state index contributed by atoms with van der Waals surface area (Å²) in [6, 6.07) is 10.8. The van der Waals surface area contributed by atoms with E-state index in [-0.39, 0.29) is 24.0 Å². The number of nitrogens with one attached hydrogen (secondary N) is 1. The van der Waals surface area contributed by atoms with E-state index in [0.717, 1.165) is 44.2 Å². The monoisotopic (exact) mass is 485 g/mol. The molecule has 0 radical (unpaired) electrons. The average molecular weight is 485 g/mol. The van der Waals surface area contributed by atoms with Gasteiger partial charge in [-0.25, -0.2) is 0 Å². The SMILES string of the molecule is CN=C(NCC1CN2CCN1CC2)N1CCC(Oc2ccccc2)CC1.I. The van der Waals surface area contributed by atoms with Crippen LogP contribution in [0.3, 0.4) is 0 Å². The van der Waals surface area contributed by atoms with Gasteiger partial charge in [-0.15, -0.1) is 24.0 Å². The minimum absolute atomic E-state index is 0. The number of halogens is 1. The van der Waals surface area contributed by atoms with E-state index in [4.69, 9.17) is 4.74 Å². The van der Waals surface area contributed by atoms with E-state index in [1.54, 1.807) is 0 Å². The number of piperidine rings is 1. The van der Waals surface area contributed by atoms with Gasteiger partial charge in [0.15, 0.2) is 5.96 Å². The zero-order valence-electron chi connectivity index (χ0n) is 16.2. The van der Waals surface area contributed by atoms with Gasteiger partial charge in [-0.3, -0.25) is 14.8 Å². The van der Waals surface area contributed by atoms with Crippen LogP contribution in [0, 0.1) is 0 Å². The fourth-order valence-electron chi connectivity index (χ4n) is 4.34. The van der Waals surface area contributed by atoms with Crippen molar-refractivity contribution in [1.82, 2.24) is 20.0 Å². The summed E-state index contributed by atoms with van der Waals surface area (Å²) in [7, 11) is 1.89.